The van der Waals surface area contributed by atoms with Gasteiger partial charge in [0.25, 0.3) is 5.92 Å². The fourth-order valence-corrected chi connectivity index (χ4v) is 6.66. The van der Waals surface area contributed by atoms with Gasteiger partial charge in [0, 0.05) is 57.3 Å². The maximum absolute atomic E-state index is 13.9. The average Bonchev–Trinajstić information content (AvgIpc) is 3.38. The first-order chi connectivity index (χ1) is 23.4. The molecule has 0 aliphatic carbocycles. The summed E-state index contributed by atoms with van der Waals surface area (Å²) < 4.78 is 46.4. The SMILES string of the molecule is Cc1cn(C(=O)OC(C)(C)C)c2ncc(-c3cc4c(c([C@@H]5COCCN5C(=O)OC(C)(C)C)c3)CN(C(=O)N3CCC(F)(F)CC3)CC4)nc12. The lowest BCUT2D eigenvalue weighted by atomic mass is 9.87. The molecule has 50 heavy (non-hydrogen) atoms. The van der Waals surface area contributed by atoms with Gasteiger partial charge >= 0.3 is 18.2 Å². The predicted octanol–water partition coefficient (Wildman–Crippen LogP) is 6.71. The number of aromatic nitrogens is 3. The number of rotatable bonds is 2. The van der Waals surface area contributed by atoms with Gasteiger partial charge in [0.05, 0.1) is 31.1 Å². The molecule has 3 aliphatic rings. The summed E-state index contributed by atoms with van der Waals surface area (Å²) in [6.45, 7) is 14.2. The minimum atomic E-state index is -2.76. The van der Waals surface area contributed by atoms with E-state index in [0.717, 1.165) is 27.8 Å². The maximum atomic E-state index is 13.9. The Labute approximate surface area is 290 Å². The van der Waals surface area contributed by atoms with E-state index in [4.69, 9.17) is 19.2 Å². The summed E-state index contributed by atoms with van der Waals surface area (Å²) in [5.41, 5.74) is 4.24. The smallest absolute Gasteiger partial charge is 0.420 e. The molecule has 2 saturated heterocycles. The largest absolute Gasteiger partial charge is 0.444 e. The second kappa shape index (κ2) is 13.1. The summed E-state index contributed by atoms with van der Waals surface area (Å²) in [5, 5.41) is 0. The molecule has 1 atom stereocenters. The van der Waals surface area contributed by atoms with Crippen LogP contribution in [0.3, 0.4) is 0 Å². The van der Waals surface area contributed by atoms with Gasteiger partial charge in [-0.3, -0.25) is 4.90 Å². The Morgan fingerprint density at radius 1 is 0.940 bits per heavy atom. The number of fused-ring (bicyclic) bond motifs is 2. The van der Waals surface area contributed by atoms with Crippen LogP contribution in [-0.4, -0.2) is 104 Å². The number of urea groups is 1. The molecule has 14 heteroatoms. The first-order valence-electron chi connectivity index (χ1n) is 17.1. The van der Waals surface area contributed by atoms with Gasteiger partial charge in [-0.1, -0.05) is 0 Å². The summed E-state index contributed by atoms with van der Waals surface area (Å²) in [5.74, 6) is -2.76. The number of morpholine rings is 1. The molecule has 0 spiro atoms. The Morgan fingerprint density at radius 2 is 1.62 bits per heavy atom. The molecule has 0 radical (unpaired) electrons. The molecule has 12 nitrogen and oxygen atoms in total. The second-order valence-corrected chi connectivity index (χ2v) is 15.4. The van der Waals surface area contributed by atoms with Crippen molar-refractivity contribution in [1.29, 1.82) is 0 Å². The lowest BCUT2D eigenvalue weighted by molar-refractivity contribution is -0.0495. The number of amides is 3. The number of benzene rings is 1. The number of carbonyl (C=O) groups is 3. The van der Waals surface area contributed by atoms with E-state index in [0.29, 0.717) is 43.0 Å². The molecule has 2 aromatic heterocycles. The minimum absolute atomic E-state index is 0.0000885. The number of likely N-dealkylation sites (tertiary alicyclic amines) is 1. The van der Waals surface area contributed by atoms with Gasteiger partial charge in [-0.2, -0.15) is 0 Å². The number of carbonyl (C=O) groups excluding carboxylic acids is 3. The van der Waals surface area contributed by atoms with E-state index in [1.54, 1.807) is 43.0 Å². The van der Waals surface area contributed by atoms with E-state index < -0.39 is 35.4 Å². The topological polar surface area (TPSA) is 119 Å². The summed E-state index contributed by atoms with van der Waals surface area (Å²) in [6, 6.07) is 3.19. The normalized spacial score (nSPS) is 19.7. The average molecular weight is 697 g/mol. The molecule has 0 bridgehead atoms. The fraction of sp³-hybridized carbons (Fsp3) is 0.583. The third-order valence-electron chi connectivity index (χ3n) is 9.09. The van der Waals surface area contributed by atoms with Crippen molar-refractivity contribution in [1.82, 2.24) is 29.2 Å². The molecule has 0 saturated carbocycles. The number of ether oxygens (including phenoxy) is 3. The number of hydrogen-bond acceptors (Lipinski definition) is 8. The Morgan fingerprint density at radius 3 is 2.30 bits per heavy atom. The van der Waals surface area contributed by atoms with E-state index >= 15 is 0 Å². The van der Waals surface area contributed by atoms with E-state index in [1.807, 2.05) is 39.8 Å². The highest BCUT2D eigenvalue weighted by Gasteiger charge is 2.39. The van der Waals surface area contributed by atoms with Gasteiger partial charge in [-0.15, -0.1) is 0 Å². The highest BCUT2D eigenvalue weighted by molar-refractivity contribution is 5.88. The molecule has 3 aromatic rings. The first kappa shape index (κ1) is 35.5. The van der Waals surface area contributed by atoms with Gasteiger partial charge in [0.15, 0.2) is 5.65 Å². The van der Waals surface area contributed by atoms with Crippen molar-refractivity contribution in [2.75, 3.05) is 39.4 Å². The molecular formula is C36H46F2N6O6. The van der Waals surface area contributed by atoms with Crippen molar-refractivity contribution < 1.29 is 37.4 Å². The zero-order valence-electron chi connectivity index (χ0n) is 29.8. The third kappa shape index (κ3) is 7.54. The summed E-state index contributed by atoms with van der Waals surface area (Å²) in [6.07, 6.45) is 2.06. The molecule has 2 fully saturated rings. The van der Waals surface area contributed by atoms with E-state index in [-0.39, 0.29) is 45.1 Å². The molecular weight excluding hydrogens is 650 g/mol. The van der Waals surface area contributed by atoms with Crippen molar-refractivity contribution in [2.24, 2.45) is 0 Å². The van der Waals surface area contributed by atoms with Crippen LogP contribution in [0.1, 0.15) is 82.7 Å². The van der Waals surface area contributed by atoms with Gasteiger partial charge < -0.3 is 24.0 Å². The molecule has 0 N–H and O–H groups in total. The quantitative estimate of drug-likeness (QED) is 0.290. The zero-order valence-corrected chi connectivity index (χ0v) is 29.8. The molecule has 270 valence electrons. The fourth-order valence-electron chi connectivity index (χ4n) is 6.66. The highest BCUT2D eigenvalue weighted by atomic mass is 19.3. The number of nitrogens with zero attached hydrogens (tertiary/aromatic N) is 6. The van der Waals surface area contributed by atoms with Crippen molar-refractivity contribution in [3.63, 3.8) is 0 Å². The predicted molar refractivity (Wildman–Crippen MR) is 181 cm³/mol. The van der Waals surface area contributed by atoms with Gasteiger partial charge in [-0.25, -0.2) is 37.7 Å². The minimum Gasteiger partial charge on any atom is -0.444 e. The molecule has 1 aromatic carbocycles. The van der Waals surface area contributed by atoms with Crippen LogP contribution in [0.5, 0.6) is 0 Å². The number of aryl methyl sites for hydroxylation is 1. The molecule has 5 heterocycles. The number of halogens is 2. The highest BCUT2D eigenvalue weighted by Crippen LogP contribution is 2.38. The van der Waals surface area contributed by atoms with E-state index in [1.165, 1.54) is 9.47 Å². The van der Waals surface area contributed by atoms with Crippen molar-refractivity contribution in [3.05, 3.63) is 46.8 Å². The van der Waals surface area contributed by atoms with Crippen LogP contribution >= 0.6 is 0 Å². The summed E-state index contributed by atoms with van der Waals surface area (Å²) in [4.78, 5) is 54.5. The van der Waals surface area contributed by atoms with Crippen LogP contribution in [0.4, 0.5) is 23.2 Å². The Hall–Kier alpha value is -4.33. The van der Waals surface area contributed by atoms with Crippen molar-refractivity contribution >= 4 is 29.4 Å². The lowest BCUT2D eigenvalue weighted by Crippen LogP contribution is -2.50. The van der Waals surface area contributed by atoms with Gasteiger partial charge in [0.2, 0.25) is 0 Å². The molecule has 0 unspecified atom stereocenters. The van der Waals surface area contributed by atoms with E-state index in [2.05, 4.69) is 4.98 Å². The Balaban J connectivity index is 1.39. The number of alkyl halides is 2. The summed E-state index contributed by atoms with van der Waals surface area (Å²) >= 11 is 0. The van der Waals surface area contributed by atoms with Crippen molar-refractivity contribution in [2.45, 2.75) is 97.4 Å². The van der Waals surface area contributed by atoms with Crippen LogP contribution < -0.4 is 0 Å². The van der Waals surface area contributed by atoms with Crippen LogP contribution in [0, 0.1) is 6.92 Å². The van der Waals surface area contributed by atoms with Gasteiger partial charge in [0.1, 0.15) is 16.7 Å². The molecule has 6 rings (SSSR count). The Bertz CT molecular complexity index is 1800. The maximum Gasteiger partial charge on any atom is 0.420 e. The van der Waals surface area contributed by atoms with E-state index in [9.17, 15) is 23.2 Å². The second-order valence-electron chi connectivity index (χ2n) is 15.4. The Kier molecular flexibility index (Phi) is 9.29. The standard InChI is InChI=1S/C36H46F2N6O6/c1-22-19-44(33(47)50-35(5,6)7)30-29(22)40-27(18-39-30)24-16-23-8-11-42(31(45)41-12-9-36(37,38)10-13-41)20-26(23)25(17-24)28-21-48-15-14-43(28)32(46)49-34(2,3)4/h16-19,28H,8-15,20-21H2,1-7H3/t28-/m0/s1. The van der Waals surface area contributed by atoms with Crippen LogP contribution in [0.2, 0.25) is 0 Å². The van der Waals surface area contributed by atoms with Crippen LogP contribution in [-0.2, 0) is 27.2 Å². The number of hydrogen-bond donors (Lipinski definition) is 0. The van der Waals surface area contributed by atoms with Gasteiger partial charge in [-0.05, 0) is 89.3 Å². The van der Waals surface area contributed by atoms with Crippen molar-refractivity contribution in [3.8, 4) is 11.3 Å². The zero-order chi connectivity index (χ0) is 36.2. The lowest BCUT2D eigenvalue weighted by Gasteiger charge is -2.41. The molecule has 3 amide bonds. The number of piperidine rings is 1. The first-order valence-corrected chi connectivity index (χ1v) is 17.1. The third-order valence-corrected chi connectivity index (χ3v) is 9.09. The van der Waals surface area contributed by atoms with Crippen LogP contribution in [0.15, 0.2) is 24.5 Å². The molecule has 3 aliphatic heterocycles. The van der Waals surface area contributed by atoms with Crippen LogP contribution in [0.25, 0.3) is 22.4 Å². The summed E-state index contributed by atoms with van der Waals surface area (Å²) in [7, 11) is 0. The monoisotopic (exact) mass is 696 g/mol.